The van der Waals surface area contributed by atoms with Crippen molar-refractivity contribution >= 4 is 11.9 Å². The van der Waals surface area contributed by atoms with Gasteiger partial charge in [-0.1, -0.05) is 26.0 Å². The van der Waals surface area contributed by atoms with Crippen LogP contribution in [-0.4, -0.2) is 48.5 Å². The SMILES string of the molecule is CCOc1ccc(C2NC(=O)N(C)C3=C2C(=O)N(CC(C)C)C3)cc1. The van der Waals surface area contributed by atoms with Crippen LogP contribution in [0.3, 0.4) is 0 Å². The molecule has 0 radical (unpaired) electrons. The molecule has 1 atom stereocenters. The standard InChI is InChI=1S/C19H25N3O3/c1-5-25-14-8-6-13(7-9-14)17-16-15(21(4)19(24)20-17)11-22(18(16)23)10-12(2)3/h6-9,12,17H,5,10-11H2,1-4H3,(H,20,24). The number of hydrogen-bond acceptors (Lipinski definition) is 3. The fourth-order valence-electron chi connectivity index (χ4n) is 3.38. The molecule has 0 saturated heterocycles. The molecule has 134 valence electrons. The normalized spacial score (nSPS) is 20.3. The lowest BCUT2D eigenvalue weighted by molar-refractivity contribution is -0.126. The Kier molecular flexibility index (Phi) is 4.70. The topological polar surface area (TPSA) is 61.9 Å². The lowest BCUT2D eigenvalue weighted by atomic mass is 9.95. The summed E-state index contributed by atoms with van der Waals surface area (Å²) in [6, 6.07) is 6.95. The van der Waals surface area contributed by atoms with Crippen molar-refractivity contribution in [3.63, 3.8) is 0 Å². The molecule has 6 nitrogen and oxygen atoms in total. The minimum Gasteiger partial charge on any atom is -0.494 e. The van der Waals surface area contributed by atoms with Gasteiger partial charge in [0.2, 0.25) is 0 Å². The highest BCUT2D eigenvalue weighted by Crippen LogP contribution is 2.36. The summed E-state index contributed by atoms with van der Waals surface area (Å²) in [5, 5.41) is 2.95. The second-order valence-corrected chi connectivity index (χ2v) is 6.88. The molecule has 1 unspecified atom stereocenters. The first-order valence-electron chi connectivity index (χ1n) is 8.71. The summed E-state index contributed by atoms with van der Waals surface area (Å²) in [4.78, 5) is 28.7. The summed E-state index contributed by atoms with van der Waals surface area (Å²) >= 11 is 0. The van der Waals surface area contributed by atoms with Crippen molar-refractivity contribution in [3.05, 3.63) is 41.1 Å². The first-order valence-corrected chi connectivity index (χ1v) is 8.71. The van der Waals surface area contributed by atoms with Crippen LogP contribution in [0.1, 0.15) is 32.4 Å². The Morgan fingerprint density at radius 1 is 1.24 bits per heavy atom. The van der Waals surface area contributed by atoms with E-state index < -0.39 is 6.04 Å². The second-order valence-electron chi connectivity index (χ2n) is 6.88. The van der Waals surface area contributed by atoms with Gasteiger partial charge in [-0.15, -0.1) is 0 Å². The lowest BCUT2D eigenvalue weighted by Gasteiger charge is -2.31. The first kappa shape index (κ1) is 17.3. The molecule has 1 N–H and O–H groups in total. The average Bonchev–Trinajstić information content (AvgIpc) is 2.89. The number of carbonyl (C=O) groups is 2. The van der Waals surface area contributed by atoms with Crippen molar-refractivity contribution in [1.29, 1.82) is 0 Å². The highest BCUT2D eigenvalue weighted by molar-refractivity contribution is 6.01. The van der Waals surface area contributed by atoms with E-state index in [1.54, 1.807) is 11.9 Å². The number of hydrogen-bond donors (Lipinski definition) is 1. The van der Waals surface area contributed by atoms with Gasteiger partial charge in [-0.2, -0.15) is 0 Å². The van der Waals surface area contributed by atoms with Crippen LogP contribution in [0.25, 0.3) is 0 Å². The number of ether oxygens (including phenoxy) is 1. The summed E-state index contributed by atoms with van der Waals surface area (Å²) in [6.07, 6.45) is 0. The Hall–Kier alpha value is -2.50. The van der Waals surface area contributed by atoms with E-state index in [0.29, 0.717) is 31.2 Å². The molecular formula is C19H25N3O3. The monoisotopic (exact) mass is 343 g/mol. The highest BCUT2D eigenvalue weighted by atomic mass is 16.5. The number of nitrogens with one attached hydrogen (secondary N) is 1. The lowest BCUT2D eigenvalue weighted by Crippen LogP contribution is -2.45. The molecule has 3 amide bonds. The Balaban J connectivity index is 1.93. The van der Waals surface area contributed by atoms with Crippen LogP contribution in [0.15, 0.2) is 35.5 Å². The number of urea groups is 1. The van der Waals surface area contributed by atoms with Gasteiger partial charge in [0.25, 0.3) is 5.91 Å². The van der Waals surface area contributed by atoms with Crippen LogP contribution < -0.4 is 10.1 Å². The molecule has 0 aromatic heterocycles. The molecule has 1 aromatic rings. The van der Waals surface area contributed by atoms with Gasteiger partial charge in [-0.25, -0.2) is 4.79 Å². The van der Waals surface area contributed by atoms with Crippen LogP contribution in [0.4, 0.5) is 4.79 Å². The molecule has 3 rings (SSSR count). The molecule has 2 aliphatic rings. The van der Waals surface area contributed by atoms with E-state index in [2.05, 4.69) is 19.2 Å². The van der Waals surface area contributed by atoms with Gasteiger partial charge in [-0.05, 0) is 30.5 Å². The molecule has 25 heavy (non-hydrogen) atoms. The molecule has 2 heterocycles. The van der Waals surface area contributed by atoms with E-state index in [1.165, 1.54) is 0 Å². The molecular weight excluding hydrogens is 318 g/mol. The summed E-state index contributed by atoms with van der Waals surface area (Å²) in [5.41, 5.74) is 2.36. The van der Waals surface area contributed by atoms with Crippen molar-refractivity contribution in [2.24, 2.45) is 5.92 Å². The molecule has 0 saturated carbocycles. The van der Waals surface area contributed by atoms with E-state index in [0.717, 1.165) is 17.0 Å². The third kappa shape index (κ3) is 3.21. The number of benzene rings is 1. The van der Waals surface area contributed by atoms with Gasteiger partial charge in [0.1, 0.15) is 5.75 Å². The average molecular weight is 343 g/mol. The Morgan fingerprint density at radius 2 is 1.92 bits per heavy atom. The fourth-order valence-corrected chi connectivity index (χ4v) is 3.38. The van der Waals surface area contributed by atoms with E-state index >= 15 is 0 Å². The summed E-state index contributed by atoms with van der Waals surface area (Å²) in [7, 11) is 1.71. The number of likely N-dealkylation sites (N-methyl/N-ethyl adjacent to an activating group) is 1. The van der Waals surface area contributed by atoms with Crippen molar-refractivity contribution < 1.29 is 14.3 Å². The van der Waals surface area contributed by atoms with Crippen LogP contribution in [0, 0.1) is 5.92 Å². The maximum Gasteiger partial charge on any atom is 0.322 e. The van der Waals surface area contributed by atoms with Gasteiger partial charge < -0.3 is 15.0 Å². The van der Waals surface area contributed by atoms with Gasteiger partial charge in [0.15, 0.2) is 0 Å². The Morgan fingerprint density at radius 3 is 2.52 bits per heavy atom. The molecule has 0 spiro atoms. The number of nitrogens with zero attached hydrogens (tertiary/aromatic N) is 2. The van der Waals surface area contributed by atoms with E-state index in [-0.39, 0.29) is 11.9 Å². The van der Waals surface area contributed by atoms with Crippen molar-refractivity contribution in [3.8, 4) is 5.75 Å². The smallest absolute Gasteiger partial charge is 0.322 e. The van der Waals surface area contributed by atoms with E-state index in [1.807, 2.05) is 36.1 Å². The minimum absolute atomic E-state index is 0.00874. The predicted molar refractivity (Wildman–Crippen MR) is 95.1 cm³/mol. The zero-order valence-electron chi connectivity index (χ0n) is 15.2. The van der Waals surface area contributed by atoms with E-state index in [4.69, 9.17) is 4.74 Å². The molecule has 2 aliphatic heterocycles. The zero-order valence-corrected chi connectivity index (χ0v) is 15.2. The van der Waals surface area contributed by atoms with Crippen molar-refractivity contribution in [1.82, 2.24) is 15.1 Å². The molecule has 6 heteroatoms. The van der Waals surface area contributed by atoms with Crippen LogP contribution in [0.5, 0.6) is 5.75 Å². The summed E-state index contributed by atoms with van der Waals surface area (Å²) in [6.45, 7) is 7.88. The van der Waals surface area contributed by atoms with Crippen LogP contribution in [0.2, 0.25) is 0 Å². The minimum atomic E-state index is -0.418. The zero-order chi connectivity index (χ0) is 18.1. The Bertz CT molecular complexity index is 709. The van der Waals surface area contributed by atoms with Gasteiger partial charge in [0, 0.05) is 13.6 Å². The predicted octanol–water partition coefficient (Wildman–Crippen LogP) is 2.53. The third-order valence-electron chi connectivity index (χ3n) is 4.55. The van der Waals surface area contributed by atoms with E-state index in [9.17, 15) is 9.59 Å². The quantitative estimate of drug-likeness (QED) is 0.894. The Labute approximate surface area is 148 Å². The van der Waals surface area contributed by atoms with Gasteiger partial charge in [0.05, 0.1) is 30.5 Å². The van der Waals surface area contributed by atoms with Gasteiger partial charge >= 0.3 is 6.03 Å². The maximum atomic E-state index is 12.9. The second kappa shape index (κ2) is 6.78. The van der Waals surface area contributed by atoms with Crippen molar-refractivity contribution in [2.45, 2.75) is 26.8 Å². The molecule has 0 aliphatic carbocycles. The molecule has 0 bridgehead atoms. The van der Waals surface area contributed by atoms with Crippen LogP contribution >= 0.6 is 0 Å². The fraction of sp³-hybridized carbons (Fsp3) is 0.474. The van der Waals surface area contributed by atoms with Gasteiger partial charge in [-0.3, -0.25) is 9.69 Å². The maximum absolute atomic E-state index is 12.9. The highest BCUT2D eigenvalue weighted by Gasteiger charge is 2.42. The molecule has 0 fully saturated rings. The van der Waals surface area contributed by atoms with Crippen molar-refractivity contribution in [2.75, 3.05) is 26.7 Å². The van der Waals surface area contributed by atoms with Crippen LogP contribution in [-0.2, 0) is 4.79 Å². The largest absolute Gasteiger partial charge is 0.494 e. The number of carbonyl (C=O) groups excluding carboxylic acids is 2. The third-order valence-corrected chi connectivity index (χ3v) is 4.55. The first-order chi connectivity index (χ1) is 11.9. The summed E-state index contributed by atoms with van der Waals surface area (Å²) < 4.78 is 5.47. The molecule has 1 aromatic carbocycles. The number of amides is 3. The summed E-state index contributed by atoms with van der Waals surface area (Å²) in [5.74, 6) is 1.16. The number of rotatable bonds is 5.